The van der Waals surface area contributed by atoms with Gasteiger partial charge < -0.3 is 4.90 Å². The molecule has 3 rings (SSSR count). The maximum Gasteiger partial charge on any atom is 0.222 e. The fourth-order valence-electron chi connectivity index (χ4n) is 4.22. The van der Waals surface area contributed by atoms with Gasteiger partial charge in [-0.25, -0.2) is 8.78 Å². The van der Waals surface area contributed by atoms with Crippen molar-refractivity contribution in [2.75, 3.05) is 26.2 Å². The van der Waals surface area contributed by atoms with Crippen LogP contribution in [0.15, 0.2) is 30.9 Å². The van der Waals surface area contributed by atoms with E-state index in [0.29, 0.717) is 24.9 Å². The predicted octanol–water partition coefficient (Wildman–Crippen LogP) is 3.75. The molecule has 1 aromatic carbocycles. The molecule has 2 saturated heterocycles. The maximum absolute atomic E-state index is 13.9. The molecule has 0 radical (unpaired) electrons. The van der Waals surface area contributed by atoms with Crippen LogP contribution < -0.4 is 0 Å². The lowest BCUT2D eigenvalue weighted by Gasteiger charge is -2.40. The molecule has 0 aromatic heterocycles. The van der Waals surface area contributed by atoms with Gasteiger partial charge in [0, 0.05) is 43.6 Å². The summed E-state index contributed by atoms with van der Waals surface area (Å²) >= 11 is 0. The first-order chi connectivity index (χ1) is 12.0. The normalized spacial score (nSPS) is 24.0. The van der Waals surface area contributed by atoms with Crippen molar-refractivity contribution >= 4 is 5.91 Å². The Morgan fingerprint density at radius 1 is 1.24 bits per heavy atom. The molecule has 2 heterocycles. The monoisotopic (exact) mass is 348 g/mol. The maximum atomic E-state index is 13.9. The second-order valence-corrected chi connectivity index (χ2v) is 7.42. The summed E-state index contributed by atoms with van der Waals surface area (Å²) in [6, 6.07) is 4.36. The molecule has 1 amide bonds. The number of benzene rings is 1. The number of carbonyl (C=O) groups excluding carboxylic acids is 1. The van der Waals surface area contributed by atoms with Crippen molar-refractivity contribution in [3.05, 3.63) is 48.1 Å². The summed E-state index contributed by atoms with van der Waals surface area (Å²) in [5.41, 5.74) is 0.514. The van der Waals surface area contributed by atoms with Crippen LogP contribution in [0.25, 0.3) is 0 Å². The van der Waals surface area contributed by atoms with Gasteiger partial charge in [-0.05, 0) is 38.3 Å². The zero-order valence-corrected chi connectivity index (χ0v) is 14.6. The first-order valence-corrected chi connectivity index (χ1v) is 9.07. The number of halogens is 2. The number of amides is 1. The second-order valence-electron chi connectivity index (χ2n) is 7.42. The molecule has 1 atom stereocenters. The fraction of sp³-hybridized carbons (Fsp3) is 0.550. The Labute approximate surface area is 148 Å². The summed E-state index contributed by atoms with van der Waals surface area (Å²) < 4.78 is 27.4. The first-order valence-electron chi connectivity index (χ1n) is 9.07. The van der Waals surface area contributed by atoms with E-state index in [1.807, 2.05) is 4.90 Å². The first kappa shape index (κ1) is 18.1. The number of hydrogen-bond donors (Lipinski definition) is 0. The van der Waals surface area contributed by atoms with Crippen LogP contribution in [0.2, 0.25) is 0 Å². The zero-order valence-electron chi connectivity index (χ0n) is 14.6. The van der Waals surface area contributed by atoms with Gasteiger partial charge in [-0.2, -0.15) is 0 Å². The summed E-state index contributed by atoms with van der Waals surface area (Å²) in [5, 5.41) is 0. The highest BCUT2D eigenvalue weighted by atomic mass is 19.2. The van der Waals surface area contributed by atoms with Crippen LogP contribution >= 0.6 is 0 Å². The minimum atomic E-state index is -0.788. The van der Waals surface area contributed by atoms with E-state index in [4.69, 9.17) is 0 Å². The van der Waals surface area contributed by atoms with Crippen molar-refractivity contribution < 1.29 is 13.6 Å². The molecule has 3 nitrogen and oxygen atoms in total. The number of allylic oxidation sites excluding steroid dienone is 1. The summed E-state index contributed by atoms with van der Waals surface area (Å²) in [5.74, 6) is -1.33. The Bertz CT molecular complexity index is 649. The van der Waals surface area contributed by atoms with Crippen molar-refractivity contribution in [2.24, 2.45) is 5.41 Å². The standard InChI is InChI=1S/C20H26F2N2O/c1-2-3-8-18(25)24-12-10-20(15-24)9-5-11-23(14-20)13-16-6-4-7-17(21)19(16)22/h2,4,6-7H,1,3,5,8-15H2/t20-/m0/s1. The van der Waals surface area contributed by atoms with E-state index < -0.39 is 11.6 Å². The highest BCUT2D eigenvalue weighted by Gasteiger charge is 2.42. The van der Waals surface area contributed by atoms with Gasteiger partial charge >= 0.3 is 0 Å². The van der Waals surface area contributed by atoms with Crippen LogP contribution in [0.5, 0.6) is 0 Å². The van der Waals surface area contributed by atoms with E-state index in [1.165, 1.54) is 0 Å². The quantitative estimate of drug-likeness (QED) is 0.757. The van der Waals surface area contributed by atoms with Crippen LogP contribution in [-0.4, -0.2) is 41.9 Å². The van der Waals surface area contributed by atoms with E-state index in [-0.39, 0.29) is 11.3 Å². The summed E-state index contributed by atoms with van der Waals surface area (Å²) in [7, 11) is 0. The van der Waals surface area contributed by atoms with Gasteiger partial charge in [0.1, 0.15) is 0 Å². The number of piperidine rings is 1. The predicted molar refractivity (Wildman–Crippen MR) is 93.9 cm³/mol. The summed E-state index contributed by atoms with van der Waals surface area (Å²) in [6.07, 6.45) is 6.14. The van der Waals surface area contributed by atoms with E-state index in [9.17, 15) is 13.6 Å². The Morgan fingerprint density at radius 2 is 2.08 bits per heavy atom. The van der Waals surface area contributed by atoms with E-state index in [0.717, 1.165) is 51.5 Å². The number of likely N-dealkylation sites (tertiary alicyclic amines) is 2. The molecule has 0 aliphatic carbocycles. The number of carbonyl (C=O) groups is 1. The molecule has 136 valence electrons. The lowest BCUT2D eigenvalue weighted by molar-refractivity contribution is -0.130. The Morgan fingerprint density at radius 3 is 2.88 bits per heavy atom. The third kappa shape index (κ3) is 4.09. The fourth-order valence-corrected chi connectivity index (χ4v) is 4.22. The third-order valence-corrected chi connectivity index (χ3v) is 5.52. The molecular formula is C20H26F2N2O. The molecular weight excluding hydrogens is 322 g/mol. The largest absolute Gasteiger partial charge is 0.342 e. The van der Waals surface area contributed by atoms with Crippen LogP contribution in [0.3, 0.4) is 0 Å². The molecule has 2 aliphatic heterocycles. The topological polar surface area (TPSA) is 23.6 Å². The van der Waals surface area contributed by atoms with Crippen molar-refractivity contribution in [3.63, 3.8) is 0 Å². The highest BCUT2D eigenvalue weighted by molar-refractivity contribution is 5.76. The second kappa shape index (κ2) is 7.65. The molecule has 5 heteroatoms. The molecule has 0 saturated carbocycles. The van der Waals surface area contributed by atoms with Crippen molar-refractivity contribution in [3.8, 4) is 0 Å². The van der Waals surface area contributed by atoms with Gasteiger partial charge in [0.2, 0.25) is 5.91 Å². The highest BCUT2D eigenvalue weighted by Crippen LogP contribution is 2.39. The van der Waals surface area contributed by atoms with Crippen LogP contribution in [0.4, 0.5) is 8.78 Å². The van der Waals surface area contributed by atoms with Gasteiger partial charge in [-0.3, -0.25) is 9.69 Å². The summed E-state index contributed by atoms with van der Waals surface area (Å²) in [6.45, 7) is 7.42. The number of rotatable bonds is 5. The van der Waals surface area contributed by atoms with Crippen LogP contribution in [0.1, 0.15) is 37.7 Å². The smallest absolute Gasteiger partial charge is 0.222 e. The van der Waals surface area contributed by atoms with Gasteiger partial charge in [-0.15, -0.1) is 6.58 Å². The number of nitrogens with zero attached hydrogens (tertiary/aromatic N) is 2. The third-order valence-electron chi connectivity index (χ3n) is 5.52. The van der Waals surface area contributed by atoms with Gasteiger partial charge in [-0.1, -0.05) is 18.2 Å². The molecule has 1 spiro atoms. The molecule has 0 N–H and O–H groups in total. The molecule has 2 aliphatic rings. The lowest BCUT2D eigenvalue weighted by Crippen LogP contribution is -2.45. The van der Waals surface area contributed by atoms with Crippen molar-refractivity contribution in [2.45, 2.75) is 38.6 Å². The number of hydrogen-bond acceptors (Lipinski definition) is 2. The van der Waals surface area contributed by atoms with Crippen LogP contribution in [0, 0.1) is 17.0 Å². The Kier molecular flexibility index (Phi) is 5.52. The van der Waals surface area contributed by atoms with Crippen molar-refractivity contribution in [1.82, 2.24) is 9.80 Å². The molecule has 0 bridgehead atoms. The van der Waals surface area contributed by atoms with E-state index in [2.05, 4.69) is 11.5 Å². The minimum absolute atomic E-state index is 0.103. The average molecular weight is 348 g/mol. The molecule has 0 unspecified atom stereocenters. The minimum Gasteiger partial charge on any atom is -0.342 e. The van der Waals surface area contributed by atoms with E-state index in [1.54, 1.807) is 18.2 Å². The molecule has 2 fully saturated rings. The summed E-state index contributed by atoms with van der Waals surface area (Å²) in [4.78, 5) is 16.4. The van der Waals surface area contributed by atoms with Crippen LogP contribution in [-0.2, 0) is 11.3 Å². The Balaban J connectivity index is 1.62. The zero-order chi connectivity index (χ0) is 17.9. The Hall–Kier alpha value is -1.75. The lowest BCUT2D eigenvalue weighted by atomic mass is 9.79. The van der Waals surface area contributed by atoms with E-state index >= 15 is 0 Å². The average Bonchev–Trinajstić information content (AvgIpc) is 3.00. The van der Waals surface area contributed by atoms with Gasteiger partial charge in [0.25, 0.3) is 0 Å². The molecule has 25 heavy (non-hydrogen) atoms. The SMILES string of the molecule is C=CCCC(=O)N1CC[C@]2(CCCN(Cc3cccc(F)c3F)C2)C1. The van der Waals surface area contributed by atoms with Gasteiger partial charge in [0.05, 0.1) is 0 Å². The van der Waals surface area contributed by atoms with Crippen molar-refractivity contribution in [1.29, 1.82) is 0 Å². The molecule has 1 aromatic rings. The van der Waals surface area contributed by atoms with Gasteiger partial charge in [0.15, 0.2) is 11.6 Å².